The molecule has 0 spiro atoms. The smallest absolute Gasteiger partial charge is 0.268 e. The van der Waals surface area contributed by atoms with Crippen LogP contribution < -0.4 is 9.64 Å². The number of hydrogen-bond donors (Lipinski definition) is 0. The molecule has 0 unspecified atom stereocenters. The lowest BCUT2D eigenvalue weighted by Gasteiger charge is -2.21. The number of carbonyl (C=O) groups excluding carboxylic acids is 1. The molecule has 0 saturated heterocycles. The molecule has 0 saturated carbocycles. The molecule has 0 fully saturated rings. The SMILES string of the molecule is COc1ccc(N(Cc2nc3nc(C)c(Cl)c(C)n3n2)C(=O)c2cccs2)cc1. The second-order valence-corrected chi connectivity index (χ2v) is 7.73. The number of fused-ring (bicyclic) bond motifs is 1. The topological polar surface area (TPSA) is 72.6 Å². The number of halogens is 1. The molecule has 0 aliphatic heterocycles. The molecular formula is C20H18ClN5O2S. The van der Waals surface area contributed by atoms with Gasteiger partial charge in [0.1, 0.15) is 5.75 Å². The van der Waals surface area contributed by atoms with Crippen LogP contribution >= 0.6 is 22.9 Å². The molecule has 0 atom stereocenters. The van der Waals surface area contributed by atoms with Gasteiger partial charge >= 0.3 is 0 Å². The third-order valence-electron chi connectivity index (χ3n) is 4.52. The molecule has 0 N–H and O–H groups in total. The van der Waals surface area contributed by atoms with Crippen molar-refractivity contribution >= 4 is 40.3 Å². The summed E-state index contributed by atoms with van der Waals surface area (Å²) in [6.45, 7) is 3.89. The highest BCUT2D eigenvalue weighted by atomic mass is 35.5. The highest BCUT2D eigenvalue weighted by Crippen LogP contribution is 2.25. The second-order valence-electron chi connectivity index (χ2n) is 6.40. The average Bonchev–Trinajstić information content (AvgIpc) is 3.40. The van der Waals surface area contributed by atoms with Crippen molar-refractivity contribution in [2.45, 2.75) is 20.4 Å². The van der Waals surface area contributed by atoms with E-state index in [0.717, 1.165) is 11.4 Å². The van der Waals surface area contributed by atoms with Crippen LogP contribution in [0.4, 0.5) is 5.69 Å². The molecule has 1 amide bonds. The highest BCUT2D eigenvalue weighted by Gasteiger charge is 2.22. The molecule has 0 aliphatic rings. The maximum Gasteiger partial charge on any atom is 0.268 e. The highest BCUT2D eigenvalue weighted by molar-refractivity contribution is 7.12. The summed E-state index contributed by atoms with van der Waals surface area (Å²) in [5.74, 6) is 1.52. The summed E-state index contributed by atoms with van der Waals surface area (Å²) in [4.78, 5) is 24.3. The quantitative estimate of drug-likeness (QED) is 0.474. The molecule has 3 heterocycles. The second kappa shape index (κ2) is 7.81. The van der Waals surface area contributed by atoms with Crippen LogP contribution in [0.2, 0.25) is 5.02 Å². The first-order chi connectivity index (χ1) is 14.0. The molecule has 7 nitrogen and oxygen atoms in total. The van der Waals surface area contributed by atoms with Gasteiger partial charge in [0.2, 0.25) is 0 Å². The Labute approximate surface area is 176 Å². The predicted octanol–water partition coefficient (Wildman–Crippen LogP) is 4.31. The normalized spacial score (nSPS) is 11.0. The van der Waals surface area contributed by atoms with Crippen molar-refractivity contribution in [2.24, 2.45) is 0 Å². The number of hydrogen-bond acceptors (Lipinski definition) is 6. The summed E-state index contributed by atoms with van der Waals surface area (Å²) < 4.78 is 6.83. The number of amides is 1. The van der Waals surface area contributed by atoms with Crippen LogP contribution in [0.3, 0.4) is 0 Å². The molecule has 0 bridgehead atoms. The van der Waals surface area contributed by atoms with Gasteiger partial charge in [0.15, 0.2) is 5.82 Å². The van der Waals surface area contributed by atoms with Gasteiger partial charge in [-0.2, -0.15) is 9.50 Å². The maximum absolute atomic E-state index is 13.2. The Morgan fingerprint density at radius 2 is 1.97 bits per heavy atom. The standard InChI is InChI=1S/C20H18ClN5O2S/c1-12-18(21)13(2)26-20(22-12)23-17(24-26)11-25(19(27)16-5-4-10-29-16)14-6-8-15(28-3)9-7-14/h4-10H,11H2,1-3H3. The van der Waals surface area contributed by atoms with Crippen LogP contribution in [-0.2, 0) is 6.54 Å². The molecule has 4 aromatic rings. The zero-order valence-electron chi connectivity index (χ0n) is 16.1. The van der Waals surface area contributed by atoms with Crippen molar-refractivity contribution in [1.29, 1.82) is 0 Å². The largest absolute Gasteiger partial charge is 0.497 e. The average molecular weight is 428 g/mol. The van der Waals surface area contributed by atoms with Crippen LogP contribution in [0.15, 0.2) is 41.8 Å². The van der Waals surface area contributed by atoms with Crippen molar-refractivity contribution in [3.05, 3.63) is 68.9 Å². The van der Waals surface area contributed by atoms with E-state index in [1.165, 1.54) is 11.3 Å². The van der Waals surface area contributed by atoms with Gasteiger partial charge in [0.25, 0.3) is 11.7 Å². The number of ether oxygens (including phenoxy) is 1. The Hall–Kier alpha value is -2.97. The molecular weight excluding hydrogens is 410 g/mol. The number of aryl methyl sites for hydroxylation is 2. The zero-order chi connectivity index (χ0) is 20.5. The Balaban J connectivity index is 1.74. The minimum atomic E-state index is -0.122. The Morgan fingerprint density at radius 1 is 1.21 bits per heavy atom. The van der Waals surface area contributed by atoms with Gasteiger partial charge in [-0.1, -0.05) is 17.7 Å². The van der Waals surface area contributed by atoms with Crippen molar-refractivity contribution in [2.75, 3.05) is 12.0 Å². The van der Waals surface area contributed by atoms with E-state index in [1.807, 2.05) is 49.6 Å². The van der Waals surface area contributed by atoms with E-state index in [0.29, 0.717) is 32.9 Å². The lowest BCUT2D eigenvalue weighted by atomic mass is 10.2. The van der Waals surface area contributed by atoms with Gasteiger partial charge in [-0.25, -0.2) is 4.98 Å². The van der Waals surface area contributed by atoms with Crippen molar-refractivity contribution in [1.82, 2.24) is 19.6 Å². The van der Waals surface area contributed by atoms with Crippen molar-refractivity contribution in [3.63, 3.8) is 0 Å². The number of anilines is 1. The summed E-state index contributed by atoms with van der Waals surface area (Å²) in [6.07, 6.45) is 0. The summed E-state index contributed by atoms with van der Waals surface area (Å²) in [5.41, 5.74) is 2.17. The molecule has 29 heavy (non-hydrogen) atoms. The van der Waals surface area contributed by atoms with E-state index >= 15 is 0 Å². The number of nitrogens with zero attached hydrogens (tertiary/aromatic N) is 5. The predicted molar refractivity (Wildman–Crippen MR) is 113 cm³/mol. The van der Waals surface area contributed by atoms with Gasteiger partial charge in [-0.05, 0) is 49.6 Å². The lowest BCUT2D eigenvalue weighted by molar-refractivity contribution is 0.0988. The molecule has 148 valence electrons. The van der Waals surface area contributed by atoms with E-state index in [2.05, 4.69) is 15.1 Å². The van der Waals surface area contributed by atoms with Crippen LogP contribution in [0, 0.1) is 13.8 Å². The number of methoxy groups -OCH3 is 1. The molecule has 4 rings (SSSR count). The minimum Gasteiger partial charge on any atom is -0.497 e. The fourth-order valence-corrected chi connectivity index (χ4v) is 3.77. The van der Waals surface area contributed by atoms with Crippen LogP contribution in [0.5, 0.6) is 5.75 Å². The fraction of sp³-hybridized carbons (Fsp3) is 0.200. The fourth-order valence-electron chi connectivity index (χ4n) is 2.98. The Bertz CT molecular complexity index is 1170. The third kappa shape index (κ3) is 3.68. The monoisotopic (exact) mass is 427 g/mol. The van der Waals surface area contributed by atoms with E-state index in [9.17, 15) is 4.79 Å². The van der Waals surface area contributed by atoms with E-state index in [1.54, 1.807) is 22.6 Å². The first-order valence-corrected chi connectivity index (χ1v) is 10.1. The van der Waals surface area contributed by atoms with E-state index in [-0.39, 0.29) is 12.5 Å². The first kappa shape index (κ1) is 19.4. The van der Waals surface area contributed by atoms with Gasteiger partial charge in [-0.15, -0.1) is 16.4 Å². The maximum atomic E-state index is 13.2. The van der Waals surface area contributed by atoms with Gasteiger partial charge in [0, 0.05) is 5.69 Å². The third-order valence-corrected chi connectivity index (χ3v) is 5.92. The van der Waals surface area contributed by atoms with Crippen LogP contribution in [0.25, 0.3) is 5.78 Å². The molecule has 9 heteroatoms. The molecule has 0 aliphatic carbocycles. The Morgan fingerprint density at radius 3 is 2.62 bits per heavy atom. The van der Waals surface area contributed by atoms with Crippen LogP contribution in [0.1, 0.15) is 26.9 Å². The van der Waals surface area contributed by atoms with Crippen molar-refractivity contribution in [3.8, 4) is 5.75 Å². The molecule has 3 aromatic heterocycles. The summed E-state index contributed by atoms with van der Waals surface area (Å²) in [7, 11) is 1.60. The Kier molecular flexibility index (Phi) is 5.21. The number of thiophene rings is 1. The summed E-state index contributed by atoms with van der Waals surface area (Å²) >= 11 is 7.68. The van der Waals surface area contributed by atoms with Gasteiger partial charge in [-0.3, -0.25) is 9.69 Å². The number of aromatic nitrogens is 4. The van der Waals surface area contributed by atoms with Gasteiger partial charge < -0.3 is 4.74 Å². The first-order valence-electron chi connectivity index (χ1n) is 8.85. The van der Waals surface area contributed by atoms with Crippen molar-refractivity contribution < 1.29 is 9.53 Å². The lowest BCUT2D eigenvalue weighted by Crippen LogP contribution is -2.30. The number of benzene rings is 1. The summed E-state index contributed by atoms with van der Waals surface area (Å²) in [6, 6.07) is 11.0. The minimum absolute atomic E-state index is 0.122. The molecule has 0 radical (unpaired) electrons. The number of rotatable bonds is 5. The number of carbonyl (C=O) groups is 1. The summed E-state index contributed by atoms with van der Waals surface area (Å²) in [5, 5.41) is 6.95. The molecule has 1 aromatic carbocycles. The van der Waals surface area contributed by atoms with Crippen LogP contribution in [-0.4, -0.2) is 32.6 Å². The van der Waals surface area contributed by atoms with E-state index < -0.39 is 0 Å². The van der Waals surface area contributed by atoms with Gasteiger partial charge in [0.05, 0.1) is 34.9 Å². The van der Waals surface area contributed by atoms with E-state index in [4.69, 9.17) is 16.3 Å². The zero-order valence-corrected chi connectivity index (χ0v) is 17.7.